The van der Waals surface area contributed by atoms with E-state index in [-0.39, 0.29) is 5.82 Å². The second-order valence-electron chi connectivity index (χ2n) is 6.52. The summed E-state index contributed by atoms with van der Waals surface area (Å²) in [6.45, 7) is 7.09. The van der Waals surface area contributed by atoms with E-state index in [4.69, 9.17) is 14.6 Å². The van der Waals surface area contributed by atoms with E-state index in [1.54, 1.807) is 12.3 Å². The minimum atomic E-state index is -1.26. The van der Waals surface area contributed by atoms with Crippen molar-refractivity contribution in [3.63, 3.8) is 0 Å². The molecule has 3 rings (SSSR count). The van der Waals surface area contributed by atoms with E-state index in [1.807, 2.05) is 6.07 Å². The summed E-state index contributed by atoms with van der Waals surface area (Å²) in [5.74, 6) is -2.16. The van der Waals surface area contributed by atoms with Gasteiger partial charge in [0.1, 0.15) is 5.82 Å². The number of hydrogen-bond acceptors (Lipinski definition) is 5. The standard InChI is InChI=1S/C15H19FN2O.C4H4O4/c1-10(2)13-9-18(5-4-17-13)14-8-12(16)7-11-3-6-19-15(11)14;5-3(6)1-2-4(7)8/h3,6-8,10,13,17H,4-5,9H2,1-2H3;1-2H,(H,5,6)(H,7,8)/t13-;/m1./s1. The van der Waals surface area contributed by atoms with Gasteiger partial charge in [0.25, 0.3) is 0 Å². The largest absolute Gasteiger partial charge is 0.478 e. The van der Waals surface area contributed by atoms with Crippen molar-refractivity contribution in [1.82, 2.24) is 5.32 Å². The zero-order valence-electron chi connectivity index (χ0n) is 15.2. The van der Waals surface area contributed by atoms with Crippen LogP contribution in [0.4, 0.5) is 10.1 Å². The van der Waals surface area contributed by atoms with E-state index in [0.717, 1.165) is 36.3 Å². The normalized spacial score (nSPS) is 17.2. The number of carbonyl (C=O) groups is 2. The minimum absolute atomic E-state index is 0.205. The molecular formula is C19H23FN2O5. The average molecular weight is 378 g/mol. The Morgan fingerprint density at radius 3 is 2.56 bits per heavy atom. The lowest BCUT2D eigenvalue weighted by Gasteiger charge is -2.37. The molecule has 2 heterocycles. The quantitative estimate of drug-likeness (QED) is 0.703. The highest BCUT2D eigenvalue weighted by atomic mass is 19.1. The molecule has 1 saturated heterocycles. The van der Waals surface area contributed by atoms with E-state index in [0.29, 0.717) is 24.1 Å². The maximum Gasteiger partial charge on any atom is 0.328 e. The third kappa shape index (κ3) is 5.82. The van der Waals surface area contributed by atoms with Crippen molar-refractivity contribution < 1.29 is 28.6 Å². The molecule has 146 valence electrons. The van der Waals surface area contributed by atoms with Gasteiger partial charge in [0.2, 0.25) is 0 Å². The van der Waals surface area contributed by atoms with Crippen molar-refractivity contribution in [3.05, 3.63) is 42.4 Å². The lowest BCUT2D eigenvalue weighted by Crippen LogP contribution is -2.53. The summed E-state index contributed by atoms with van der Waals surface area (Å²) >= 11 is 0. The molecule has 0 spiro atoms. The van der Waals surface area contributed by atoms with Gasteiger partial charge in [-0.2, -0.15) is 0 Å². The fraction of sp³-hybridized carbons (Fsp3) is 0.368. The predicted molar refractivity (Wildman–Crippen MR) is 99.4 cm³/mol. The smallest absolute Gasteiger partial charge is 0.328 e. The fourth-order valence-corrected chi connectivity index (χ4v) is 2.85. The Morgan fingerprint density at radius 2 is 1.96 bits per heavy atom. The monoisotopic (exact) mass is 378 g/mol. The molecule has 0 radical (unpaired) electrons. The summed E-state index contributed by atoms with van der Waals surface area (Å²) in [6.07, 6.45) is 2.74. The zero-order chi connectivity index (χ0) is 20.0. The summed E-state index contributed by atoms with van der Waals surface area (Å²) in [6, 6.07) is 5.34. The number of fused-ring (bicyclic) bond motifs is 1. The molecule has 1 aliphatic rings. The van der Waals surface area contributed by atoms with Crippen molar-refractivity contribution in [2.45, 2.75) is 19.9 Å². The number of furan rings is 1. The molecule has 1 aromatic heterocycles. The molecule has 8 heteroatoms. The average Bonchev–Trinajstić information content (AvgIpc) is 3.08. The van der Waals surface area contributed by atoms with Crippen LogP contribution < -0.4 is 10.2 Å². The van der Waals surface area contributed by atoms with Crippen LogP contribution in [0.25, 0.3) is 11.0 Å². The van der Waals surface area contributed by atoms with Crippen LogP contribution >= 0.6 is 0 Å². The number of anilines is 1. The number of piperazine rings is 1. The molecule has 1 atom stereocenters. The summed E-state index contributed by atoms with van der Waals surface area (Å²) in [7, 11) is 0. The summed E-state index contributed by atoms with van der Waals surface area (Å²) in [5, 5.41) is 20.0. The molecule has 2 aromatic rings. The highest BCUT2D eigenvalue weighted by Crippen LogP contribution is 2.30. The maximum absolute atomic E-state index is 13.7. The van der Waals surface area contributed by atoms with Crippen molar-refractivity contribution >= 4 is 28.6 Å². The molecule has 0 saturated carbocycles. The Kier molecular flexibility index (Phi) is 6.95. The molecule has 7 nitrogen and oxygen atoms in total. The lowest BCUT2D eigenvalue weighted by molar-refractivity contribution is -0.134. The summed E-state index contributed by atoms with van der Waals surface area (Å²) in [4.78, 5) is 21.3. The van der Waals surface area contributed by atoms with E-state index < -0.39 is 11.9 Å². The number of hydrogen-bond donors (Lipinski definition) is 3. The first kappa shape index (κ1) is 20.4. The van der Waals surface area contributed by atoms with Gasteiger partial charge in [0.05, 0.1) is 12.0 Å². The highest BCUT2D eigenvalue weighted by Gasteiger charge is 2.24. The highest BCUT2D eigenvalue weighted by molar-refractivity contribution is 5.90. The predicted octanol–water partition coefficient (Wildman–Crippen LogP) is 2.72. The zero-order valence-corrected chi connectivity index (χ0v) is 15.2. The van der Waals surface area contributed by atoms with Gasteiger partial charge in [-0.05, 0) is 18.1 Å². The number of carboxylic acids is 2. The number of carboxylic acid groups (broad SMARTS) is 2. The van der Waals surface area contributed by atoms with E-state index in [2.05, 4.69) is 24.1 Å². The van der Waals surface area contributed by atoms with Crippen LogP contribution in [-0.4, -0.2) is 47.8 Å². The molecular weight excluding hydrogens is 355 g/mol. The van der Waals surface area contributed by atoms with Crippen LogP contribution in [0.5, 0.6) is 0 Å². The second kappa shape index (κ2) is 9.18. The van der Waals surface area contributed by atoms with E-state index in [9.17, 15) is 14.0 Å². The summed E-state index contributed by atoms with van der Waals surface area (Å²) in [5.41, 5.74) is 1.65. The van der Waals surface area contributed by atoms with Gasteiger partial charge < -0.3 is 24.8 Å². The van der Waals surface area contributed by atoms with Gasteiger partial charge in [0, 0.05) is 49.3 Å². The maximum atomic E-state index is 13.7. The minimum Gasteiger partial charge on any atom is -0.478 e. The van der Waals surface area contributed by atoms with Crippen molar-refractivity contribution in [1.29, 1.82) is 0 Å². The number of nitrogens with one attached hydrogen (secondary N) is 1. The summed E-state index contributed by atoms with van der Waals surface area (Å²) < 4.78 is 19.2. The number of rotatable bonds is 4. The van der Waals surface area contributed by atoms with E-state index >= 15 is 0 Å². The van der Waals surface area contributed by atoms with Crippen LogP contribution in [0.2, 0.25) is 0 Å². The topological polar surface area (TPSA) is 103 Å². The van der Waals surface area contributed by atoms with Gasteiger partial charge in [-0.3, -0.25) is 0 Å². The molecule has 1 fully saturated rings. The SMILES string of the molecule is CC(C)[C@H]1CN(c2cc(F)cc3ccoc23)CCN1.O=C(O)C=CC(=O)O. The Morgan fingerprint density at radius 1 is 1.30 bits per heavy atom. The first-order chi connectivity index (χ1) is 12.8. The molecule has 0 unspecified atom stereocenters. The third-order valence-corrected chi connectivity index (χ3v) is 4.22. The third-order valence-electron chi connectivity index (χ3n) is 4.22. The van der Waals surface area contributed by atoms with Gasteiger partial charge in [-0.25, -0.2) is 14.0 Å². The van der Waals surface area contributed by atoms with Gasteiger partial charge in [-0.1, -0.05) is 13.8 Å². The number of aliphatic carboxylic acids is 2. The van der Waals surface area contributed by atoms with Crippen molar-refractivity contribution in [2.75, 3.05) is 24.5 Å². The van der Waals surface area contributed by atoms with Crippen LogP contribution in [-0.2, 0) is 9.59 Å². The Bertz CT molecular complexity index is 815. The number of benzene rings is 1. The second-order valence-corrected chi connectivity index (χ2v) is 6.52. The van der Waals surface area contributed by atoms with Gasteiger partial charge >= 0.3 is 11.9 Å². The molecule has 1 aromatic carbocycles. The molecule has 0 bridgehead atoms. The molecule has 1 aliphatic heterocycles. The van der Waals surface area contributed by atoms with Crippen LogP contribution in [0, 0.1) is 11.7 Å². The van der Waals surface area contributed by atoms with Crippen LogP contribution in [0.15, 0.2) is 41.0 Å². The van der Waals surface area contributed by atoms with Crippen molar-refractivity contribution in [3.8, 4) is 0 Å². The fourth-order valence-electron chi connectivity index (χ4n) is 2.85. The van der Waals surface area contributed by atoms with Crippen LogP contribution in [0.1, 0.15) is 13.8 Å². The molecule has 27 heavy (non-hydrogen) atoms. The Balaban J connectivity index is 0.000000279. The lowest BCUT2D eigenvalue weighted by atomic mass is 10.0. The van der Waals surface area contributed by atoms with Crippen molar-refractivity contribution in [2.24, 2.45) is 5.92 Å². The molecule has 3 N–H and O–H groups in total. The number of nitrogens with zero attached hydrogens (tertiary/aromatic N) is 1. The number of halogens is 1. The Labute approximate surface area is 156 Å². The van der Waals surface area contributed by atoms with Gasteiger partial charge in [-0.15, -0.1) is 0 Å². The molecule has 0 aliphatic carbocycles. The van der Waals surface area contributed by atoms with Crippen LogP contribution in [0.3, 0.4) is 0 Å². The van der Waals surface area contributed by atoms with E-state index in [1.165, 1.54) is 6.07 Å². The molecule has 0 amide bonds. The first-order valence-electron chi connectivity index (χ1n) is 8.57. The first-order valence-corrected chi connectivity index (χ1v) is 8.57. The van der Waals surface area contributed by atoms with Gasteiger partial charge in [0.15, 0.2) is 5.58 Å². The Hall–Kier alpha value is -2.87.